The van der Waals surface area contributed by atoms with Gasteiger partial charge in [-0.1, -0.05) is 0 Å². The van der Waals surface area contributed by atoms with E-state index in [9.17, 15) is 14.7 Å². The number of rotatable bonds is 6. The molecule has 10 heteroatoms. The van der Waals surface area contributed by atoms with Crippen molar-refractivity contribution in [2.45, 2.75) is 47.2 Å². The Balaban J connectivity index is 1.87. The molecule has 3 heterocycles. The molecule has 0 radical (unpaired) electrons. The minimum absolute atomic E-state index is 0.172. The number of aromatic nitrogens is 6. The molecule has 2 N–H and O–H groups in total. The van der Waals surface area contributed by atoms with Gasteiger partial charge in [-0.2, -0.15) is 15.3 Å². The van der Waals surface area contributed by atoms with Crippen LogP contribution >= 0.6 is 0 Å². The first-order valence-electron chi connectivity index (χ1n) is 9.22. The second kappa shape index (κ2) is 7.53. The summed E-state index contributed by atoms with van der Waals surface area (Å²) in [6, 6.07) is 0.541. The van der Waals surface area contributed by atoms with E-state index in [0.717, 1.165) is 22.6 Å². The van der Waals surface area contributed by atoms with Gasteiger partial charge in [0.25, 0.3) is 5.91 Å². The van der Waals surface area contributed by atoms with Crippen LogP contribution in [0.25, 0.3) is 0 Å². The standard InChI is InChI=1S/C19H25N7O3/c1-10-15(12(3)24(6)22-10)9-25-13(4)17(11(2)23-25)21-18(27)16-7-8-20-26(16)14(5)19(28)29/h7-8,14H,9H2,1-6H3,(H,21,27)(H,28,29). The van der Waals surface area contributed by atoms with Crippen molar-refractivity contribution in [3.8, 4) is 0 Å². The van der Waals surface area contributed by atoms with Gasteiger partial charge in [0.15, 0.2) is 0 Å². The van der Waals surface area contributed by atoms with Crippen molar-refractivity contribution >= 4 is 17.6 Å². The van der Waals surface area contributed by atoms with Crippen molar-refractivity contribution < 1.29 is 14.7 Å². The Labute approximate surface area is 168 Å². The third-order valence-corrected chi connectivity index (χ3v) is 5.21. The normalized spacial score (nSPS) is 12.2. The van der Waals surface area contributed by atoms with Crippen LogP contribution in [0.2, 0.25) is 0 Å². The fourth-order valence-corrected chi connectivity index (χ4v) is 3.31. The fourth-order valence-electron chi connectivity index (χ4n) is 3.31. The van der Waals surface area contributed by atoms with Crippen molar-refractivity contribution in [1.29, 1.82) is 0 Å². The fraction of sp³-hybridized carbons (Fsp3) is 0.421. The van der Waals surface area contributed by atoms with Gasteiger partial charge in [-0.3, -0.25) is 14.2 Å². The van der Waals surface area contributed by atoms with Crippen molar-refractivity contribution in [2.24, 2.45) is 7.05 Å². The minimum Gasteiger partial charge on any atom is -0.480 e. The van der Waals surface area contributed by atoms with E-state index in [1.165, 1.54) is 23.9 Å². The Kier molecular flexibility index (Phi) is 5.27. The molecular formula is C19H25N7O3. The average molecular weight is 399 g/mol. The number of carbonyl (C=O) groups excluding carboxylic acids is 1. The summed E-state index contributed by atoms with van der Waals surface area (Å²) in [4.78, 5) is 24.1. The minimum atomic E-state index is -1.06. The first-order valence-corrected chi connectivity index (χ1v) is 9.22. The molecule has 0 aromatic carbocycles. The third-order valence-electron chi connectivity index (χ3n) is 5.21. The first-order chi connectivity index (χ1) is 13.6. The average Bonchev–Trinajstić information content (AvgIpc) is 3.31. The maximum absolute atomic E-state index is 12.8. The lowest BCUT2D eigenvalue weighted by molar-refractivity contribution is -0.140. The quantitative estimate of drug-likeness (QED) is 0.654. The van der Waals surface area contributed by atoms with Crippen LogP contribution in [0.5, 0.6) is 0 Å². The van der Waals surface area contributed by atoms with E-state index in [1.54, 1.807) is 0 Å². The molecule has 0 aliphatic heterocycles. The predicted octanol–water partition coefficient (Wildman–Crippen LogP) is 1.99. The lowest BCUT2D eigenvalue weighted by Gasteiger charge is -2.12. The predicted molar refractivity (Wildman–Crippen MR) is 106 cm³/mol. The first kappa shape index (κ1) is 20.3. The summed E-state index contributed by atoms with van der Waals surface area (Å²) < 4.78 is 4.86. The number of carboxylic acid groups (broad SMARTS) is 1. The summed E-state index contributed by atoms with van der Waals surface area (Å²) in [5.74, 6) is -1.50. The highest BCUT2D eigenvalue weighted by molar-refractivity contribution is 6.04. The highest BCUT2D eigenvalue weighted by atomic mass is 16.4. The maximum atomic E-state index is 12.8. The third kappa shape index (κ3) is 3.65. The summed E-state index contributed by atoms with van der Waals surface area (Å²) in [6.07, 6.45) is 1.41. The van der Waals surface area contributed by atoms with Crippen LogP contribution in [-0.2, 0) is 18.4 Å². The number of hydrogen-bond donors (Lipinski definition) is 2. The van der Waals surface area contributed by atoms with Gasteiger partial charge in [-0.15, -0.1) is 0 Å². The van der Waals surface area contributed by atoms with Crippen LogP contribution < -0.4 is 5.32 Å². The number of hydrogen-bond acceptors (Lipinski definition) is 5. The zero-order valence-corrected chi connectivity index (χ0v) is 17.4. The van der Waals surface area contributed by atoms with E-state index < -0.39 is 17.9 Å². The second-order valence-corrected chi connectivity index (χ2v) is 7.11. The molecule has 0 aliphatic rings. The Hall–Kier alpha value is -3.43. The molecule has 3 rings (SSSR count). The Morgan fingerprint density at radius 3 is 2.41 bits per heavy atom. The molecule has 1 amide bonds. The molecule has 154 valence electrons. The highest BCUT2D eigenvalue weighted by Crippen LogP contribution is 2.23. The molecule has 3 aromatic heterocycles. The number of nitrogens with one attached hydrogen (secondary N) is 1. The number of anilines is 1. The Morgan fingerprint density at radius 2 is 1.83 bits per heavy atom. The molecule has 1 unspecified atom stereocenters. The van der Waals surface area contributed by atoms with Crippen LogP contribution in [0.3, 0.4) is 0 Å². The topological polar surface area (TPSA) is 120 Å². The monoisotopic (exact) mass is 399 g/mol. The van der Waals surface area contributed by atoms with Gasteiger partial charge in [-0.25, -0.2) is 9.48 Å². The lowest BCUT2D eigenvalue weighted by atomic mass is 10.2. The van der Waals surface area contributed by atoms with Gasteiger partial charge in [0.05, 0.1) is 29.3 Å². The van der Waals surface area contributed by atoms with E-state index in [1.807, 2.05) is 44.1 Å². The second-order valence-electron chi connectivity index (χ2n) is 7.11. The van der Waals surface area contributed by atoms with Gasteiger partial charge in [0, 0.05) is 24.5 Å². The summed E-state index contributed by atoms with van der Waals surface area (Å²) >= 11 is 0. The highest BCUT2D eigenvalue weighted by Gasteiger charge is 2.23. The van der Waals surface area contributed by atoms with Gasteiger partial charge in [0.1, 0.15) is 11.7 Å². The molecule has 0 aliphatic carbocycles. The number of nitrogens with zero attached hydrogens (tertiary/aromatic N) is 6. The summed E-state index contributed by atoms with van der Waals surface area (Å²) in [6.45, 7) is 9.68. The maximum Gasteiger partial charge on any atom is 0.328 e. The van der Waals surface area contributed by atoms with E-state index >= 15 is 0 Å². The smallest absolute Gasteiger partial charge is 0.328 e. The molecule has 3 aromatic rings. The molecular weight excluding hydrogens is 374 g/mol. The largest absolute Gasteiger partial charge is 0.480 e. The lowest BCUT2D eigenvalue weighted by Crippen LogP contribution is -2.24. The van der Waals surface area contributed by atoms with Crippen LogP contribution in [0.15, 0.2) is 12.3 Å². The van der Waals surface area contributed by atoms with Crippen LogP contribution in [0.4, 0.5) is 5.69 Å². The molecule has 0 saturated heterocycles. The molecule has 29 heavy (non-hydrogen) atoms. The van der Waals surface area contributed by atoms with Gasteiger partial charge >= 0.3 is 5.97 Å². The number of amides is 1. The number of carboxylic acids is 1. The van der Waals surface area contributed by atoms with Crippen molar-refractivity contribution in [3.63, 3.8) is 0 Å². The summed E-state index contributed by atoms with van der Waals surface area (Å²) in [7, 11) is 1.90. The molecule has 0 saturated carbocycles. The van der Waals surface area contributed by atoms with Crippen LogP contribution in [0.1, 0.15) is 51.8 Å². The van der Waals surface area contributed by atoms with E-state index in [2.05, 4.69) is 20.6 Å². The Morgan fingerprint density at radius 1 is 1.14 bits per heavy atom. The van der Waals surface area contributed by atoms with Crippen molar-refractivity contribution in [3.05, 3.63) is 46.3 Å². The van der Waals surface area contributed by atoms with Crippen LogP contribution in [0, 0.1) is 27.7 Å². The van der Waals surface area contributed by atoms with Crippen LogP contribution in [-0.4, -0.2) is 46.3 Å². The zero-order chi connectivity index (χ0) is 21.5. The van der Waals surface area contributed by atoms with Gasteiger partial charge in [0.2, 0.25) is 0 Å². The molecule has 1 atom stereocenters. The number of aryl methyl sites for hydroxylation is 3. The zero-order valence-electron chi connectivity index (χ0n) is 17.4. The van der Waals surface area contributed by atoms with E-state index in [0.29, 0.717) is 17.9 Å². The summed E-state index contributed by atoms with van der Waals surface area (Å²) in [5, 5.41) is 25.0. The van der Waals surface area contributed by atoms with Gasteiger partial charge in [-0.05, 0) is 40.7 Å². The van der Waals surface area contributed by atoms with E-state index in [4.69, 9.17) is 0 Å². The number of aliphatic carboxylic acids is 1. The molecule has 0 spiro atoms. The van der Waals surface area contributed by atoms with E-state index in [-0.39, 0.29) is 5.69 Å². The molecule has 0 fully saturated rings. The SMILES string of the molecule is Cc1nn(C)c(C)c1Cn1nc(C)c(NC(=O)c2ccnn2C(C)C(=O)O)c1C. The van der Waals surface area contributed by atoms with Crippen molar-refractivity contribution in [2.75, 3.05) is 5.32 Å². The Bertz CT molecular complexity index is 1090. The molecule has 0 bridgehead atoms. The molecule has 10 nitrogen and oxygen atoms in total. The number of carbonyl (C=O) groups is 2. The van der Waals surface area contributed by atoms with Crippen molar-refractivity contribution in [1.82, 2.24) is 29.3 Å². The van der Waals surface area contributed by atoms with Gasteiger partial charge < -0.3 is 10.4 Å². The summed E-state index contributed by atoms with van der Waals surface area (Å²) in [5.41, 5.74) is 5.34.